The maximum Gasteiger partial charge on any atom is 0.117 e. The van der Waals surface area contributed by atoms with E-state index in [0.717, 1.165) is 18.4 Å². The molecule has 1 aliphatic rings. The molecule has 0 heterocycles. The van der Waals surface area contributed by atoms with Crippen molar-refractivity contribution in [1.82, 2.24) is 0 Å². The van der Waals surface area contributed by atoms with Gasteiger partial charge in [0.1, 0.15) is 5.60 Å². The lowest BCUT2D eigenvalue weighted by Crippen LogP contribution is -2.34. The Hall–Kier alpha value is -0.570. The molecule has 82 valence electrons. The quantitative estimate of drug-likeness (QED) is 0.855. The zero-order chi connectivity index (χ0) is 10.9. The Balaban J connectivity index is 2.35. The Labute approximate surface area is 94.8 Å². The van der Waals surface area contributed by atoms with Crippen molar-refractivity contribution >= 4 is 11.6 Å². The Bertz CT molecular complexity index is 349. The largest absolute Gasteiger partial charge is 0.382 e. The number of methoxy groups -OCH3 is 1. The molecule has 0 amide bonds. The predicted molar refractivity (Wildman–Crippen MR) is 59.9 cm³/mol. The highest BCUT2D eigenvalue weighted by Crippen LogP contribution is 2.47. The van der Waals surface area contributed by atoms with Crippen molar-refractivity contribution in [3.05, 3.63) is 34.9 Å². The summed E-state index contributed by atoms with van der Waals surface area (Å²) in [5.41, 5.74) is -0.122. The molecule has 1 atom stereocenters. The van der Waals surface area contributed by atoms with E-state index in [1.807, 2.05) is 18.2 Å². The molecule has 0 saturated heterocycles. The van der Waals surface area contributed by atoms with Gasteiger partial charge in [0.15, 0.2) is 0 Å². The van der Waals surface area contributed by atoms with E-state index < -0.39 is 5.60 Å². The molecule has 3 heteroatoms. The number of hydrogen-bond donors (Lipinski definition) is 1. The van der Waals surface area contributed by atoms with Crippen LogP contribution in [0.15, 0.2) is 24.3 Å². The third-order valence-electron chi connectivity index (χ3n) is 2.96. The van der Waals surface area contributed by atoms with Gasteiger partial charge < -0.3 is 9.84 Å². The Morgan fingerprint density at radius 2 is 2.13 bits per heavy atom. The third-order valence-corrected chi connectivity index (χ3v) is 3.29. The number of benzene rings is 1. The molecule has 1 aromatic carbocycles. The number of aliphatic hydroxyl groups is 1. The van der Waals surface area contributed by atoms with Crippen LogP contribution in [0, 0.1) is 5.92 Å². The van der Waals surface area contributed by atoms with Gasteiger partial charge in [-0.05, 0) is 24.8 Å². The van der Waals surface area contributed by atoms with Gasteiger partial charge >= 0.3 is 0 Å². The van der Waals surface area contributed by atoms with Crippen LogP contribution in [0.2, 0.25) is 5.02 Å². The molecule has 0 aromatic heterocycles. The first-order chi connectivity index (χ1) is 7.18. The zero-order valence-electron chi connectivity index (χ0n) is 8.74. The SMILES string of the molecule is COCC(O)(c1ccccc1Cl)C1CC1. The summed E-state index contributed by atoms with van der Waals surface area (Å²) >= 11 is 6.10. The summed E-state index contributed by atoms with van der Waals surface area (Å²) < 4.78 is 5.11. The Kier molecular flexibility index (Phi) is 3.01. The van der Waals surface area contributed by atoms with Gasteiger partial charge in [-0.25, -0.2) is 0 Å². The van der Waals surface area contributed by atoms with Crippen molar-refractivity contribution < 1.29 is 9.84 Å². The molecule has 2 rings (SSSR count). The van der Waals surface area contributed by atoms with Crippen LogP contribution in [-0.4, -0.2) is 18.8 Å². The lowest BCUT2D eigenvalue weighted by Gasteiger charge is -2.28. The standard InChI is InChI=1S/C12H15ClO2/c1-15-8-12(14,9-6-7-9)10-4-2-3-5-11(10)13/h2-5,9,14H,6-8H2,1H3. The second-order valence-corrected chi connectivity index (χ2v) is 4.52. The average Bonchev–Trinajstić information content (AvgIpc) is 3.02. The molecule has 15 heavy (non-hydrogen) atoms. The first-order valence-electron chi connectivity index (χ1n) is 5.15. The van der Waals surface area contributed by atoms with Gasteiger partial charge in [-0.3, -0.25) is 0 Å². The van der Waals surface area contributed by atoms with Gasteiger partial charge in [0.05, 0.1) is 6.61 Å². The fraction of sp³-hybridized carbons (Fsp3) is 0.500. The first-order valence-corrected chi connectivity index (χ1v) is 5.52. The number of ether oxygens (including phenoxy) is 1. The van der Waals surface area contributed by atoms with Gasteiger partial charge in [-0.1, -0.05) is 29.8 Å². The Morgan fingerprint density at radius 3 is 2.67 bits per heavy atom. The van der Waals surface area contributed by atoms with Gasteiger partial charge in [-0.2, -0.15) is 0 Å². The van der Waals surface area contributed by atoms with Crippen molar-refractivity contribution in [2.45, 2.75) is 18.4 Å². The molecule has 0 aliphatic heterocycles. The van der Waals surface area contributed by atoms with Gasteiger partial charge in [0.2, 0.25) is 0 Å². The van der Waals surface area contributed by atoms with Crippen LogP contribution in [0.1, 0.15) is 18.4 Å². The minimum atomic E-state index is -0.910. The molecule has 0 radical (unpaired) electrons. The molecule has 0 spiro atoms. The van der Waals surface area contributed by atoms with E-state index in [1.54, 1.807) is 13.2 Å². The summed E-state index contributed by atoms with van der Waals surface area (Å²) in [5.74, 6) is 0.289. The summed E-state index contributed by atoms with van der Waals surface area (Å²) in [6, 6.07) is 7.44. The van der Waals surface area contributed by atoms with Crippen LogP contribution in [0.4, 0.5) is 0 Å². The van der Waals surface area contributed by atoms with Crippen LogP contribution in [-0.2, 0) is 10.3 Å². The van der Waals surface area contributed by atoms with Crippen LogP contribution in [0.3, 0.4) is 0 Å². The lowest BCUT2D eigenvalue weighted by molar-refractivity contribution is -0.0531. The van der Waals surface area contributed by atoms with Gasteiger partial charge in [0.25, 0.3) is 0 Å². The molecular formula is C12H15ClO2. The van der Waals surface area contributed by atoms with Crippen LogP contribution in [0.5, 0.6) is 0 Å². The van der Waals surface area contributed by atoms with E-state index in [4.69, 9.17) is 16.3 Å². The molecule has 2 nitrogen and oxygen atoms in total. The van der Waals surface area contributed by atoms with Crippen molar-refractivity contribution in [1.29, 1.82) is 0 Å². The normalized spacial score (nSPS) is 19.9. The highest BCUT2D eigenvalue weighted by molar-refractivity contribution is 6.31. The average molecular weight is 227 g/mol. The summed E-state index contributed by atoms with van der Waals surface area (Å²) in [4.78, 5) is 0. The van der Waals surface area contributed by atoms with Crippen LogP contribution < -0.4 is 0 Å². The third kappa shape index (κ3) is 2.03. The Morgan fingerprint density at radius 1 is 1.47 bits per heavy atom. The van der Waals surface area contributed by atoms with Crippen LogP contribution >= 0.6 is 11.6 Å². The van der Waals surface area contributed by atoms with Crippen molar-refractivity contribution in [3.8, 4) is 0 Å². The summed E-state index contributed by atoms with van der Waals surface area (Å²) in [6.07, 6.45) is 2.09. The molecule has 1 unspecified atom stereocenters. The van der Waals surface area contributed by atoms with Crippen molar-refractivity contribution in [2.75, 3.05) is 13.7 Å². The van der Waals surface area contributed by atoms with Crippen molar-refractivity contribution in [2.24, 2.45) is 5.92 Å². The van der Waals surface area contributed by atoms with E-state index in [-0.39, 0.29) is 5.92 Å². The zero-order valence-corrected chi connectivity index (χ0v) is 9.50. The smallest absolute Gasteiger partial charge is 0.117 e. The molecular weight excluding hydrogens is 212 g/mol. The number of halogens is 1. The molecule has 1 fully saturated rings. The summed E-state index contributed by atoms with van der Waals surface area (Å²) in [5, 5.41) is 11.2. The monoisotopic (exact) mass is 226 g/mol. The van der Waals surface area contributed by atoms with E-state index in [0.29, 0.717) is 11.6 Å². The number of rotatable bonds is 4. The van der Waals surface area contributed by atoms with Crippen molar-refractivity contribution in [3.63, 3.8) is 0 Å². The molecule has 1 aromatic rings. The molecule has 0 bridgehead atoms. The maximum absolute atomic E-state index is 10.6. The maximum atomic E-state index is 10.6. The van der Waals surface area contributed by atoms with E-state index in [2.05, 4.69) is 0 Å². The van der Waals surface area contributed by atoms with Crippen LogP contribution in [0.25, 0.3) is 0 Å². The fourth-order valence-electron chi connectivity index (χ4n) is 2.01. The molecule has 1 aliphatic carbocycles. The predicted octanol–water partition coefficient (Wildman–Crippen LogP) is 2.58. The van der Waals surface area contributed by atoms with E-state index in [1.165, 1.54) is 0 Å². The summed E-state index contributed by atoms with van der Waals surface area (Å²) in [7, 11) is 1.60. The topological polar surface area (TPSA) is 29.5 Å². The van der Waals surface area contributed by atoms with Gasteiger partial charge in [0, 0.05) is 17.7 Å². The van der Waals surface area contributed by atoms with E-state index >= 15 is 0 Å². The number of hydrogen-bond acceptors (Lipinski definition) is 2. The minimum absolute atomic E-state index is 0.289. The highest BCUT2D eigenvalue weighted by atomic mass is 35.5. The highest BCUT2D eigenvalue weighted by Gasteiger charge is 2.46. The second kappa shape index (κ2) is 4.12. The molecule has 1 saturated carbocycles. The first kappa shape index (κ1) is 10.9. The fourth-order valence-corrected chi connectivity index (χ4v) is 2.31. The molecule has 1 N–H and O–H groups in total. The lowest BCUT2D eigenvalue weighted by atomic mass is 9.89. The van der Waals surface area contributed by atoms with Gasteiger partial charge in [-0.15, -0.1) is 0 Å². The summed E-state index contributed by atoms with van der Waals surface area (Å²) in [6.45, 7) is 0.307. The van der Waals surface area contributed by atoms with E-state index in [9.17, 15) is 5.11 Å². The second-order valence-electron chi connectivity index (χ2n) is 4.11. The minimum Gasteiger partial charge on any atom is -0.382 e.